The van der Waals surface area contributed by atoms with Gasteiger partial charge in [0.05, 0.1) is 0 Å². The Hall–Kier alpha value is -2.05. The molecule has 1 aromatic carbocycles. The van der Waals surface area contributed by atoms with Crippen molar-refractivity contribution in [2.75, 3.05) is 13.1 Å². The van der Waals surface area contributed by atoms with Crippen LogP contribution in [0.15, 0.2) is 24.3 Å². The summed E-state index contributed by atoms with van der Waals surface area (Å²) in [6.45, 7) is 2.07. The number of carbonyl (C=O) groups is 2. The van der Waals surface area contributed by atoms with E-state index in [-0.39, 0.29) is 25.4 Å². The molecule has 2 N–H and O–H groups in total. The summed E-state index contributed by atoms with van der Waals surface area (Å²) in [7, 11) is 0. The number of carbonyl (C=O) groups excluding carboxylic acids is 2. The van der Waals surface area contributed by atoms with E-state index in [1.54, 1.807) is 5.32 Å². The molecule has 1 rings (SSSR count). The zero-order chi connectivity index (χ0) is 16.6. The fraction of sp³-hybridized carbons (Fsp3) is 0.467. The zero-order valence-electron chi connectivity index (χ0n) is 12.3. The average molecular weight is 316 g/mol. The Kier molecular flexibility index (Phi) is 6.88. The fourth-order valence-corrected chi connectivity index (χ4v) is 1.83. The molecule has 0 aliphatic heterocycles. The molecule has 122 valence electrons. The number of rotatable bonds is 7. The second kappa shape index (κ2) is 8.41. The standard InChI is InChI=1S/C15H19F3N2O2/c1-11-4-2-5-12(10-11)6-7-13(21)19-8-3-9-20-14(22)15(16,17)18/h2,4-5,10H,3,6-9H2,1H3,(H,19,21)(H,20,22). The third-order valence-electron chi connectivity index (χ3n) is 2.94. The number of amides is 2. The van der Waals surface area contributed by atoms with Crippen LogP contribution in [0, 0.1) is 6.92 Å². The molecule has 0 heterocycles. The Balaban J connectivity index is 2.13. The predicted octanol–water partition coefficient (Wildman–Crippen LogP) is 2.11. The highest BCUT2D eigenvalue weighted by Crippen LogP contribution is 2.13. The predicted molar refractivity (Wildman–Crippen MR) is 76.2 cm³/mol. The van der Waals surface area contributed by atoms with E-state index < -0.39 is 12.1 Å². The van der Waals surface area contributed by atoms with Gasteiger partial charge in [-0.3, -0.25) is 9.59 Å². The average Bonchev–Trinajstić information content (AvgIpc) is 2.43. The van der Waals surface area contributed by atoms with Gasteiger partial charge in [0.25, 0.3) is 0 Å². The number of hydrogen-bond donors (Lipinski definition) is 2. The van der Waals surface area contributed by atoms with Crippen LogP contribution in [0.2, 0.25) is 0 Å². The largest absolute Gasteiger partial charge is 0.471 e. The highest BCUT2D eigenvalue weighted by Gasteiger charge is 2.38. The van der Waals surface area contributed by atoms with Gasteiger partial charge >= 0.3 is 12.1 Å². The van der Waals surface area contributed by atoms with Crippen molar-refractivity contribution in [3.8, 4) is 0 Å². The lowest BCUT2D eigenvalue weighted by molar-refractivity contribution is -0.173. The fourth-order valence-electron chi connectivity index (χ4n) is 1.83. The molecule has 0 spiro atoms. The van der Waals surface area contributed by atoms with E-state index in [1.807, 2.05) is 31.2 Å². The van der Waals surface area contributed by atoms with Gasteiger partial charge in [0, 0.05) is 19.5 Å². The Labute approximate surface area is 127 Å². The molecule has 0 aliphatic rings. The highest BCUT2D eigenvalue weighted by molar-refractivity contribution is 5.81. The number of aryl methyl sites for hydroxylation is 2. The normalized spacial score (nSPS) is 11.1. The van der Waals surface area contributed by atoms with Crippen molar-refractivity contribution in [1.29, 1.82) is 0 Å². The minimum absolute atomic E-state index is 0.128. The summed E-state index contributed by atoms with van der Waals surface area (Å²) in [4.78, 5) is 22.1. The first-order valence-corrected chi connectivity index (χ1v) is 6.96. The van der Waals surface area contributed by atoms with Crippen LogP contribution in [-0.4, -0.2) is 31.1 Å². The Morgan fingerprint density at radius 2 is 1.82 bits per heavy atom. The minimum Gasteiger partial charge on any atom is -0.356 e. The van der Waals surface area contributed by atoms with Crippen LogP contribution >= 0.6 is 0 Å². The molecular weight excluding hydrogens is 297 g/mol. The molecule has 0 saturated carbocycles. The molecule has 0 bridgehead atoms. The molecule has 22 heavy (non-hydrogen) atoms. The van der Waals surface area contributed by atoms with Gasteiger partial charge in [-0.2, -0.15) is 13.2 Å². The smallest absolute Gasteiger partial charge is 0.356 e. The number of hydrogen-bond acceptors (Lipinski definition) is 2. The second-order valence-corrected chi connectivity index (χ2v) is 4.95. The molecule has 0 fully saturated rings. The molecule has 7 heteroatoms. The van der Waals surface area contributed by atoms with E-state index in [4.69, 9.17) is 0 Å². The van der Waals surface area contributed by atoms with E-state index in [2.05, 4.69) is 5.32 Å². The van der Waals surface area contributed by atoms with Crippen molar-refractivity contribution in [2.45, 2.75) is 32.4 Å². The second-order valence-electron chi connectivity index (χ2n) is 4.95. The highest BCUT2D eigenvalue weighted by atomic mass is 19.4. The van der Waals surface area contributed by atoms with Gasteiger partial charge in [-0.15, -0.1) is 0 Å². The van der Waals surface area contributed by atoms with Crippen molar-refractivity contribution in [1.82, 2.24) is 10.6 Å². The van der Waals surface area contributed by atoms with Crippen LogP contribution in [0.1, 0.15) is 24.0 Å². The molecule has 0 radical (unpaired) electrons. The molecule has 2 amide bonds. The van der Waals surface area contributed by atoms with Crippen molar-refractivity contribution in [3.05, 3.63) is 35.4 Å². The van der Waals surface area contributed by atoms with Crippen molar-refractivity contribution in [3.63, 3.8) is 0 Å². The zero-order valence-corrected chi connectivity index (χ0v) is 12.3. The van der Waals surface area contributed by atoms with E-state index in [0.29, 0.717) is 12.8 Å². The maximum Gasteiger partial charge on any atom is 0.471 e. The van der Waals surface area contributed by atoms with Gasteiger partial charge in [-0.1, -0.05) is 29.8 Å². The maximum atomic E-state index is 11.9. The van der Waals surface area contributed by atoms with E-state index >= 15 is 0 Å². The summed E-state index contributed by atoms with van der Waals surface area (Å²) in [6.07, 6.45) is -3.69. The van der Waals surface area contributed by atoms with Crippen molar-refractivity contribution >= 4 is 11.8 Å². The first-order valence-electron chi connectivity index (χ1n) is 6.96. The molecular formula is C15H19F3N2O2. The lowest BCUT2D eigenvalue weighted by Gasteiger charge is -2.08. The Morgan fingerprint density at radius 1 is 1.14 bits per heavy atom. The lowest BCUT2D eigenvalue weighted by Crippen LogP contribution is -2.38. The van der Waals surface area contributed by atoms with Crippen LogP contribution in [0.5, 0.6) is 0 Å². The van der Waals surface area contributed by atoms with E-state index in [0.717, 1.165) is 11.1 Å². The Morgan fingerprint density at radius 3 is 2.45 bits per heavy atom. The molecule has 0 unspecified atom stereocenters. The lowest BCUT2D eigenvalue weighted by atomic mass is 10.1. The molecule has 0 aromatic heterocycles. The number of alkyl halides is 3. The quantitative estimate of drug-likeness (QED) is 0.757. The van der Waals surface area contributed by atoms with Crippen LogP contribution in [0.25, 0.3) is 0 Å². The third-order valence-corrected chi connectivity index (χ3v) is 2.94. The maximum absolute atomic E-state index is 11.9. The van der Waals surface area contributed by atoms with Gasteiger partial charge in [-0.25, -0.2) is 0 Å². The summed E-state index contributed by atoms with van der Waals surface area (Å²) in [6, 6.07) is 7.83. The van der Waals surface area contributed by atoms with Crippen LogP contribution < -0.4 is 10.6 Å². The van der Waals surface area contributed by atoms with E-state index in [9.17, 15) is 22.8 Å². The van der Waals surface area contributed by atoms with Gasteiger partial charge < -0.3 is 10.6 Å². The summed E-state index contributed by atoms with van der Waals surface area (Å²) < 4.78 is 35.7. The molecule has 0 saturated heterocycles. The van der Waals surface area contributed by atoms with Gasteiger partial charge in [0.2, 0.25) is 5.91 Å². The topological polar surface area (TPSA) is 58.2 Å². The first-order chi connectivity index (χ1) is 10.3. The van der Waals surface area contributed by atoms with Crippen molar-refractivity contribution in [2.24, 2.45) is 0 Å². The summed E-state index contributed by atoms with van der Waals surface area (Å²) in [5.74, 6) is -2.12. The number of benzene rings is 1. The van der Waals surface area contributed by atoms with Crippen LogP contribution in [0.3, 0.4) is 0 Å². The number of nitrogens with one attached hydrogen (secondary N) is 2. The van der Waals surface area contributed by atoms with Gasteiger partial charge in [0.15, 0.2) is 0 Å². The van der Waals surface area contributed by atoms with Crippen molar-refractivity contribution < 1.29 is 22.8 Å². The van der Waals surface area contributed by atoms with E-state index in [1.165, 1.54) is 0 Å². The third kappa shape index (κ3) is 7.10. The van der Waals surface area contributed by atoms with Gasteiger partial charge in [0.1, 0.15) is 0 Å². The summed E-state index contributed by atoms with van der Waals surface area (Å²) in [5, 5.41) is 4.35. The molecule has 4 nitrogen and oxygen atoms in total. The number of halogens is 3. The molecule has 1 aromatic rings. The molecule has 0 atom stereocenters. The summed E-state index contributed by atoms with van der Waals surface area (Å²) in [5.41, 5.74) is 2.19. The molecule has 0 aliphatic carbocycles. The monoisotopic (exact) mass is 316 g/mol. The van der Waals surface area contributed by atoms with Crippen LogP contribution in [-0.2, 0) is 16.0 Å². The summed E-state index contributed by atoms with van der Waals surface area (Å²) >= 11 is 0. The SMILES string of the molecule is Cc1cccc(CCC(=O)NCCCNC(=O)C(F)(F)F)c1. The first kappa shape index (κ1) is 18.0. The Bertz CT molecular complexity index is 516. The minimum atomic E-state index is -4.86. The van der Waals surface area contributed by atoms with Crippen LogP contribution in [0.4, 0.5) is 13.2 Å². The van der Waals surface area contributed by atoms with Gasteiger partial charge in [-0.05, 0) is 25.3 Å².